The normalized spacial score (nSPS) is 16.8. The van der Waals surface area contributed by atoms with Crippen LogP contribution in [0.2, 0.25) is 0 Å². The number of aldehydes is 1. The summed E-state index contributed by atoms with van der Waals surface area (Å²) in [6, 6.07) is 6.73. The van der Waals surface area contributed by atoms with Crippen molar-refractivity contribution in [3.05, 3.63) is 80.1 Å². The average Bonchev–Trinajstić information content (AvgIpc) is 3.20. The van der Waals surface area contributed by atoms with E-state index in [1.54, 1.807) is 23.5 Å². The summed E-state index contributed by atoms with van der Waals surface area (Å²) in [5.41, 5.74) is 6.46. The topological polar surface area (TPSA) is 40.5 Å². The number of hydrogen-bond donors (Lipinski definition) is 1. The molecule has 1 atom stereocenters. The van der Waals surface area contributed by atoms with Crippen molar-refractivity contribution < 1.29 is 23.1 Å². The van der Waals surface area contributed by atoms with Crippen LogP contribution >= 0.6 is 11.3 Å². The number of benzene rings is 1. The lowest BCUT2D eigenvalue weighted by Crippen LogP contribution is -2.25. The van der Waals surface area contributed by atoms with Crippen LogP contribution in [-0.2, 0) is 30.6 Å². The van der Waals surface area contributed by atoms with Crippen LogP contribution in [0.3, 0.4) is 0 Å². The monoisotopic (exact) mass is 565 g/mol. The van der Waals surface area contributed by atoms with Gasteiger partial charge >= 0.3 is 0 Å². The number of aliphatic hydroxyl groups is 1. The Morgan fingerprint density at radius 2 is 1.77 bits per heavy atom. The van der Waals surface area contributed by atoms with Crippen LogP contribution in [0.1, 0.15) is 72.7 Å². The molecule has 0 amide bonds. The summed E-state index contributed by atoms with van der Waals surface area (Å²) in [6.07, 6.45) is 7.35. The average molecular weight is 566 g/mol. The van der Waals surface area contributed by atoms with Crippen molar-refractivity contribution in [1.29, 1.82) is 0 Å². The van der Waals surface area contributed by atoms with Gasteiger partial charge in [-0.25, -0.2) is 8.78 Å². The minimum atomic E-state index is -2.39. The molecule has 1 aliphatic carbocycles. The zero-order valence-corrected chi connectivity index (χ0v) is 25.4. The summed E-state index contributed by atoms with van der Waals surface area (Å²) >= 11 is 1.80. The van der Waals surface area contributed by atoms with Gasteiger partial charge in [-0.15, -0.1) is 11.3 Å². The van der Waals surface area contributed by atoms with Gasteiger partial charge in [0.05, 0.1) is 7.18 Å². The van der Waals surface area contributed by atoms with Crippen molar-refractivity contribution in [3.63, 3.8) is 0 Å². The van der Waals surface area contributed by atoms with Crippen LogP contribution < -0.4 is 0 Å². The number of carbonyl (C=O) groups is 1. The molecule has 218 valence electrons. The molecule has 0 bridgehead atoms. The number of hydrogen-bond acceptors (Lipinski definition) is 4. The molecule has 39 heavy (non-hydrogen) atoms. The molecule has 0 saturated heterocycles. The second-order valence-corrected chi connectivity index (χ2v) is 11.1. The molecule has 0 radical (unpaired) electrons. The fourth-order valence-electron chi connectivity index (χ4n) is 4.89. The molecule has 4 rings (SSSR count). The summed E-state index contributed by atoms with van der Waals surface area (Å²) in [5.74, 6) is 0.194. The molecule has 0 saturated carbocycles. The number of thiophene rings is 1. The summed E-state index contributed by atoms with van der Waals surface area (Å²) in [5, 5.41) is 9.22. The maximum Gasteiger partial charge on any atom is 0.263 e. The zero-order valence-electron chi connectivity index (χ0n) is 24.6. The molecule has 0 fully saturated rings. The number of allylic oxidation sites excluding steroid dienone is 4. The smallest absolute Gasteiger partial charge is 0.263 e. The van der Waals surface area contributed by atoms with E-state index in [0.717, 1.165) is 52.3 Å². The summed E-state index contributed by atoms with van der Waals surface area (Å²) in [6.45, 7) is 13.1. The Balaban J connectivity index is 0.00000119. The van der Waals surface area contributed by atoms with Crippen LogP contribution in [0.15, 0.2) is 47.4 Å². The van der Waals surface area contributed by atoms with Gasteiger partial charge in [0.15, 0.2) is 0 Å². The van der Waals surface area contributed by atoms with Gasteiger partial charge in [-0.2, -0.15) is 0 Å². The maximum absolute atomic E-state index is 12.9. The van der Waals surface area contributed by atoms with Gasteiger partial charge in [0.1, 0.15) is 6.29 Å². The standard InChI is InChI=1S/C28H33F2NOS.C2H6.CH3F.CH4O/c1-19-25(22-6-8-23(9-7-22)27(29)30)17-33-26(19)16-31-12-10-21-5-4-20(14-24(21)11-13-31)15-28(2,3)18-32;3*1-2/h4-6,8-9,14,17-18,22,27H,7,10-13,15-16H2,1-3H3;1-2H3;1H3;2H,1H3. The second-order valence-electron chi connectivity index (χ2n) is 10.1. The minimum Gasteiger partial charge on any atom is -0.400 e. The first kappa shape index (κ1) is 34.8. The highest BCUT2D eigenvalue weighted by molar-refractivity contribution is 7.10. The van der Waals surface area contributed by atoms with Crippen LogP contribution in [0.5, 0.6) is 0 Å². The molecular weight excluding hydrogens is 519 g/mol. The number of carbonyl (C=O) groups excluding carboxylic acids is 1. The van der Waals surface area contributed by atoms with Crippen LogP contribution in [0.25, 0.3) is 0 Å². The fraction of sp³-hybridized carbons (Fsp3) is 0.531. The third-order valence-corrected chi connectivity index (χ3v) is 8.06. The summed E-state index contributed by atoms with van der Waals surface area (Å²) < 4.78 is 35.3. The molecule has 1 unspecified atom stereocenters. The van der Waals surface area contributed by atoms with Crippen molar-refractivity contribution in [2.75, 3.05) is 27.4 Å². The van der Waals surface area contributed by atoms with Crippen molar-refractivity contribution >= 4 is 17.6 Å². The predicted octanol–water partition coefficient (Wildman–Crippen LogP) is 7.88. The third-order valence-electron chi connectivity index (χ3n) is 6.97. The number of aliphatic hydroxyl groups excluding tert-OH is 1. The van der Waals surface area contributed by atoms with Crippen molar-refractivity contribution in [2.24, 2.45) is 5.41 Å². The van der Waals surface area contributed by atoms with Gasteiger partial charge in [0, 0.05) is 48.5 Å². The Labute approximate surface area is 237 Å². The number of fused-ring (bicyclic) bond motifs is 1. The predicted molar refractivity (Wildman–Crippen MR) is 159 cm³/mol. The number of nitrogens with zero attached hydrogens (tertiary/aromatic N) is 1. The molecule has 2 aromatic rings. The van der Waals surface area contributed by atoms with Gasteiger partial charge in [-0.1, -0.05) is 64.1 Å². The second kappa shape index (κ2) is 17.5. The van der Waals surface area contributed by atoms with Crippen molar-refractivity contribution in [1.82, 2.24) is 4.90 Å². The van der Waals surface area contributed by atoms with E-state index in [1.807, 2.05) is 33.8 Å². The van der Waals surface area contributed by atoms with E-state index in [2.05, 4.69) is 35.4 Å². The Hall–Kier alpha value is -2.22. The van der Waals surface area contributed by atoms with Gasteiger partial charge in [-0.05, 0) is 65.8 Å². The fourth-order valence-corrected chi connectivity index (χ4v) is 6.06. The third kappa shape index (κ3) is 10.0. The van der Waals surface area contributed by atoms with E-state index in [0.29, 0.717) is 13.6 Å². The van der Waals surface area contributed by atoms with Gasteiger partial charge in [0.25, 0.3) is 6.43 Å². The molecule has 0 spiro atoms. The minimum absolute atomic E-state index is 0.140. The molecule has 2 heterocycles. The number of rotatable bonds is 7. The molecule has 1 aromatic carbocycles. The molecule has 2 aliphatic rings. The molecule has 3 nitrogen and oxygen atoms in total. The van der Waals surface area contributed by atoms with E-state index < -0.39 is 6.43 Å². The SMILES string of the molecule is CC.CF.CO.Cc1c(C2C=CC(C(F)F)=CC2)csc1CN1CCc2ccc(CC(C)(C)C=O)cc2CC1. The van der Waals surface area contributed by atoms with Crippen molar-refractivity contribution in [3.8, 4) is 0 Å². The Kier molecular flexibility index (Phi) is 15.6. The highest BCUT2D eigenvalue weighted by Gasteiger charge is 2.22. The largest absolute Gasteiger partial charge is 0.400 e. The lowest BCUT2D eigenvalue weighted by molar-refractivity contribution is -0.114. The van der Waals surface area contributed by atoms with E-state index in [4.69, 9.17) is 5.11 Å². The van der Waals surface area contributed by atoms with Crippen molar-refractivity contribution in [2.45, 2.75) is 79.2 Å². The molecule has 1 N–H and O–H groups in total. The first-order valence-electron chi connectivity index (χ1n) is 13.6. The van der Waals surface area contributed by atoms with Crippen LogP contribution in [0.4, 0.5) is 13.2 Å². The van der Waals surface area contributed by atoms with Crippen LogP contribution in [-0.4, -0.2) is 50.1 Å². The van der Waals surface area contributed by atoms with E-state index in [-0.39, 0.29) is 16.9 Å². The van der Waals surface area contributed by atoms with Gasteiger partial charge < -0.3 is 9.90 Å². The molecule has 1 aliphatic heterocycles. The number of halogens is 3. The molecule has 1 aromatic heterocycles. The Morgan fingerprint density at radius 1 is 1.13 bits per heavy atom. The highest BCUT2D eigenvalue weighted by atomic mass is 32.1. The van der Waals surface area contributed by atoms with Crippen LogP contribution in [0, 0.1) is 12.3 Å². The van der Waals surface area contributed by atoms with E-state index in [9.17, 15) is 18.0 Å². The first-order chi connectivity index (χ1) is 18.8. The maximum atomic E-state index is 12.9. The van der Waals surface area contributed by atoms with Gasteiger partial charge in [-0.3, -0.25) is 9.29 Å². The zero-order chi connectivity index (χ0) is 29.6. The summed E-state index contributed by atoms with van der Waals surface area (Å²) in [7, 11) is 1.50. The Morgan fingerprint density at radius 3 is 2.33 bits per heavy atom. The first-order valence-corrected chi connectivity index (χ1v) is 14.5. The van der Waals surface area contributed by atoms with E-state index in [1.165, 1.54) is 32.7 Å². The lowest BCUT2D eigenvalue weighted by Gasteiger charge is -2.20. The lowest BCUT2D eigenvalue weighted by atomic mass is 9.86. The summed E-state index contributed by atoms with van der Waals surface area (Å²) in [4.78, 5) is 15.2. The highest BCUT2D eigenvalue weighted by Crippen LogP contribution is 2.35. The van der Waals surface area contributed by atoms with Gasteiger partial charge in [0.2, 0.25) is 0 Å². The quantitative estimate of drug-likeness (QED) is 0.347. The Bertz CT molecular complexity index is 1080. The van der Waals surface area contributed by atoms with E-state index >= 15 is 0 Å². The number of alkyl halides is 3. The molecule has 7 heteroatoms. The molecular formula is C32H46F3NO2S.